The molecular weight excluding hydrogens is 198 g/mol. The van der Waals surface area contributed by atoms with Crippen molar-refractivity contribution in [1.82, 2.24) is 5.32 Å². The van der Waals surface area contributed by atoms with Gasteiger partial charge in [0.25, 0.3) is 0 Å². The van der Waals surface area contributed by atoms with Crippen LogP contribution in [0.15, 0.2) is 11.1 Å². The van der Waals surface area contributed by atoms with Gasteiger partial charge in [0, 0.05) is 5.41 Å². The van der Waals surface area contributed by atoms with E-state index in [2.05, 4.69) is 5.32 Å². The molecule has 0 radical (unpaired) electrons. The van der Waals surface area contributed by atoms with Crippen molar-refractivity contribution in [3.8, 4) is 0 Å². The summed E-state index contributed by atoms with van der Waals surface area (Å²) in [6.45, 7) is 5.94. The minimum atomic E-state index is -0.267. The molecule has 1 amide bonds. The van der Waals surface area contributed by atoms with E-state index < -0.39 is 0 Å². The number of amides is 1. The third-order valence-electron chi connectivity index (χ3n) is 3.76. The summed E-state index contributed by atoms with van der Waals surface area (Å²) in [7, 11) is 0. The molecule has 2 aliphatic rings. The van der Waals surface area contributed by atoms with Crippen molar-refractivity contribution in [3.05, 3.63) is 11.1 Å². The molecule has 2 nitrogen and oxygen atoms in total. The lowest BCUT2D eigenvalue weighted by Gasteiger charge is -2.29. The second-order valence-electron chi connectivity index (χ2n) is 6.15. The van der Waals surface area contributed by atoms with Crippen molar-refractivity contribution in [2.24, 2.45) is 5.41 Å². The van der Waals surface area contributed by atoms with Crippen molar-refractivity contribution >= 4 is 5.91 Å². The van der Waals surface area contributed by atoms with Crippen LogP contribution in [0.2, 0.25) is 0 Å². The monoisotopic (exact) mass is 221 g/mol. The van der Waals surface area contributed by atoms with Crippen molar-refractivity contribution in [3.63, 3.8) is 0 Å². The summed E-state index contributed by atoms with van der Waals surface area (Å²) in [5, 5.41) is 3.23. The van der Waals surface area contributed by atoms with E-state index >= 15 is 0 Å². The standard InChI is InChI=1S/C14H23NO/c1-14(2,3)13(16)15-12-9-5-7-10-6-4-8-11(10)12/h12H,4-9H2,1-3H3,(H,15,16)/t12-/m1/s1. The Bertz CT molecular complexity index is 322. The zero-order valence-corrected chi connectivity index (χ0v) is 10.7. The zero-order chi connectivity index (χ0) is 11.8. The molecule has 2 rings (SSSR count). The second kappa shape index (κ2) is 4.23. The van der Waals surface area contributed by atoms with Gasteiger partial charge in [0.2, 0.25) is 5.91 Å². The van der Waals surface area contributed by atoms with E-state index in [9.17, 15) is 4.79 Å². The van der Waals surface area contributed by atoms with Crippen LogP contribution >= 0.6 is 0 Å². The Morgan fingerprint density at radius 3 is 2.56 bits per heavy atom. The van der Waals surface area contributed by atoms with E-state index in [0.29, 0.717) is 6.04 Å². The molecule has 0 aromatic carbocycles. The third-order valence-corrected chi connectivity index (χ3v) is 3.76. The lowest BCUT2D eigenvalue weighted by Crippen LogP contribution is -2.43. The third kappa shape index (κ3) is 2.31. The van der Waals surface area contributed by atoms with Gasteiger partial charge in [-0.3, -0.25) is 4.79 Å². The molecular formula is C14H23NO. The van der Waals surface area contributed by atoms with Crippen LogP contribution in [0, 0.1) is 5.41 Å². The number of hydrogen-bond acceptors (Lipinski definition) is 1. The van der Waals surface area contributed by atoms with Gasteiger partial charge in [0.05, 0.1) is 6.04 Å². The molecule has 0 aliphatic heterocycles. The van der Waals surface area contributed by atoms with E-state index in [1.807, 2.05) is 20.8 Å². The first-order chi connectivity index (χ1) is 7.48. The van der Waals surface area contributed by atoms with E-state index in [4.69, 9.17) is 0 Å². The predicted molar refractivity (Wildman–Crippen MR) is 66.1 cm³/mol. The van der Waals surface area contributed by atoms with Crippen LogP contribution < -0.4 is 5.32 Å². The molecule has 0 heterocycles. The fraction of sp³-hybridized carbons (Fsp3) is 0.786. The summed E-state index contributed by atoms with van der Waals surface area (Å²) in [6, 6.07) is 0.345. The maximum absolute atomic E-state index is 12.0. The Balaban J connectivity index is 2.05. The van der Waals surface area contributed by atoms with Crippen LogP contribution in [0.3, 0.4) is 0 Å². The second-order valence-corrected chi connectivity index (χ2v) is 6.15. The normalized spacial score (nSPS) is 25.6. The van der Waals surface area contributed by atoms with Crippen molar-refractivity contribution in [1.29, 1.82) is 0 Å². The lowest BCUT2D eigenvalue weighted by molar-refractivity contribution is -0.129. The largest absolute Gasteiger partial charge is 0.349 e. The van der Waals surface area contributed by atoms with Crippen LogP contribution in [-0.4, -0.2) is 11.9 Å². The van der Waals surface area contributed by atoms with Gasteiger partial charge in [0.15, 0.2) is 0 Å². The maximum atomic E-state index is 12.0. The average molecular weight is 221 g/mol. The first-order valence-electron chi connectivity index (χ1n) is 6.50. The van der Waals surface area contributed by atoms with Crippen LogP contribution in [-0.2, 0) is 4.79 Å². The molecule has 1 N–H and O–H groups in total. The van der Waals surface area contributed by atoms with Crippen LogP contribution in [0.4, 0.5) is 0 Å². The van der Waals surface area contributed by atoms with E-state index in [0.717, 1.165) is 6.42 Å². The van der Waals surface area contributed by atoms with Gasteiger partial charge in [0.1, 0.15) is 0 Å². The van der Waals surface area contributed by atoms with E-state index in [1.54, 1.807) is 11.1 Å². The Hall–Kier alpha value is -0.790. The summed E-state index contributed by atoms with van der Waals surface area (Å²) in [4.78, 5) is 12.0. The van der Waals surface area contributed by atoms with Crippen molar-refractivity contribution < 1.29 is 4.79 Å². The number of nitrogens with one attached hydrogen (secondary N) is 1. The van der Waals surface area contributed by atoms with Crippen molar-refractivity contribution in [2.45, 2.75) is 65.3 Å². The number of allylic oxidation sites excluding steroid dienone is 1. The molecule has 0 bridgehead atoms. The first kappa shape index (κ1) is 11.7. The van der Waals surface area contributed by atoms with Crippen LogP contribution in [0.25, 0.3) is 0 Å². The van der Waals surface area contributed by atoms with Gasteiger partial charge in [-0.1, -0.05) is 26.3 Å². The predicted octanol–water partition coefficient (Wildman–Crippen LogP) is 3.18. The number of carbonyl (C=O) groups is 1. The number of carbonyl (C=O) groups excluding carboxylic acids is 1. The molecule has 2 aliphatic carbocycles. The van der Waals surface area contributed by atoms with Gasteiger partial charge in [-0.15, -0.1) is 0 Å². The topological polar surface area (TPSA) is 29.1 Å². The molecule has 0 saturated carbocycles. The smallest absolute Gasteiger partial charge is 0.225 e. The average Bonchev–Trinajstić information content (AvgIpc) is 2.65. The van der Waals surface area contributed by atoms with Crippen LogP contribution in [0.5, 0.6) is 0 Å². The summed E-state index contributed by atoms with van der Waals surface area (Å²) < 4.78 is 0. The Labute approximate surface area is 98.5 Å². The van der Waals surface area contributed by atoms with E-state index in [-0.39, 0.29) is 11.3 Å². The molecule has 2 heteroatoms. The van der Waals surface area contributed by atoms with Crippen molar-refractivity contribution in [2.75, 3.05) is 0 Å². The summed E-state index contributed by atoms with van der Waals surface area (Å²) in [6.07, 6.45) is 7.44. The maximum Gasteiger partial charge on any atom is 0.225 e. The van der Waals surface area contributed by atoms with Gasteiger partial charge < -0.3 is 5.32 Å². The molecule has 1 atom stereocenters. The minimum Gasteiger partial charge on any atom is -0.349 e. The van der Waals surface area contributed by atoms with Gasteiger partial charge >= 0.3 is 0 Å². The van der Waals surface area contributed by atoms with Gasteiger partial charge in [-0.25, -0.2) is 0 Å². The van der Waals surface area contributed by atoms with E-state index in [1.165, 1.54) is 32.1 Å². The SMILES string of the molecule is CC(C)(C)C(=O)N[C@@H]1CCCC2=C1CCC2. The highest BCUT2D eigenvalue weighted by Crippen LogP contribution is 2.37. The fourth-order valence-electron chi connectivity index (χ4n) is 2.76. The number of hydrogen-bond donors (Lipinski definition) is 1. The molecule has 0 aromatic heterocycles. The first-order valence-corrected chi connectivity index (χ1v) is 6.50. The zero-order valence-electron chi connectivity index (χ0n) is 10.7. The molecule has 90 valence electrons. The fourth-order valence-corrected chi connectivity index (χ4v) is 2.76. The van der Waals surface area contributed by atoms with Gasteiger partial charge in [-0.05, 0) is 44.1 Å². The molecule has 0 fully saturated rings. The highest BCUT2D eigenvalue weighted by atomic mass is 16.2. The highest BCUT2D eigenvalue weighted by Gasteiger charge is 2.30. The quantitative estimate of drug-likeness (QED) is 0.677. The molecule has 0 saturated heterocycles. The minimum absolute atomic E-state index is 0.193. The molecule has 0 unspecified atom stereocenters. The molecule has 0 aromatic rings. The number of rotatable bonds is 1. The Morgan fingerprint density at radius 2 is 1.88 bits per heavy atom. The van der Waals surface area contributed by atoms with Gasteiger partial charge in [-0.2, -0.15) is 0 Å². The molecule has 16 heavy (non-hydrogen) atoms. The Kier molecular flexibility index (Phi) is 3.09. The summed E-state index contributed by atoms with van der Waals surface area (Å²) in [5.74, 6) is 0.193. The molecule has 0 spiro atoms. The highest BCUT2D eigenvalue weighted by molar-refractivity contribution is 5.82. The van der Waals surface area contributed by atoms with Crippen LogP contribution in [0.1, 0.15) is 59.3 Å². The summed E-state index contributed by atoms with van der Waals surface area (Å²) in [5.41, 5.74) is 2.94. The summed E-state index contributed by atoms with van der Waals surface area (Å²) >= 11 is 0. The lowest BCUT2D eigenvalue weighted by atomic mass is 9.88. The Morgan fingerprint density at radius 1 is 1.19 bits per heavy atom.